The fourth-order valence-electron chi connectivity index (χ4n) is 1.64. The van der Waals surface area contributed by atoms with Crippen molar-refractivity contribution in [1.82, 2.24) is 10.7 Å². The lowest BCUT2D eigenvalue weighted by Crippen LogP contribution is -2.32. The standard InChI is InChI=1S/C15H17N3S2/c1-11-8-9-14(20-11)12(2)17-18-15(19)16-10-13-6-4-3-5-7-13/h3-9H,10H2,1-2H3,(H2,16,18,19)/b17-12-. The maximum atomic E-state index is 5.20. The van der Waals surface area contributed by atoms with E-state index in [1.54, 1.807) is 11.3 Å². The number of aryl methyl sites for hydroxylation is 1. The van der Waals surface area contributed by atoms with Gasteiger partial charge in [-0.2, -0.15) is 5.10 Å². The zero-order chi connectivity index (χ0) is 14.4. The zero-order valence-corrected chi connectivity index (χ0v) is 13.1. The largest absolute Gasteiger partial charge is 0.357 e. The van der Waals surface area contributed by atoms with Crippen LogP contribution in [0.15, 0.2) is 47.6 Å². The molecule has 1 heterocycles. The van der Waals surface area contributed by atoms with Crippen LogP contribution < -0.4 is 10.7 Å². The van der Waals surface area contributed by atoms with Crippen LogP contribution in [0, 0.1) is 6.92 Å². The summed E-state index contributed by atoms with van der Waals surface area (Å²) in [5.41, 5.74) is 5.00. The Balaban J connectivity index is 1.83. The summed E-state index contributed by atoms with van der Waals surface area (Å²) in [5.74, 6) is 0. The van der Waals surface area contributed by atoms with E-state index in [1.165, 1.54) is 10.4 Å². The summed E-state index contributed by atoms with van der Waals surface area (Å²) < 4.78 is 0. The maximum Gasteiger partial charge on any atom is 0.187 e. The molecule has 0 amide bonds. The second-order valence-electron chi connectivity index (χ2n) is 4.39. The van der Waals surface area contributed by atoms with Crippen molar-refractivity contribution >= 4 is 34.4 Å². The number of hydrogen-bond donors (Lipinski definition) is 2. The molecule has 1 aromatic heterocycles. The van der Waals surface area contributed by atoms with Crippen LogP contribution in [0.5, 0.6) is 0 Å². The van der Waals surface area contributed by atoms with E-state index in [2.05, 4.69) is 47.0 Å². The molecular formula is C15H17N3S2. The average molecular weight is 303 g/mol. The SMILES string of the molecule is C/C(=N/NC(=S)NCc1ccccc1)c1ccc(C)s1. The second kappa shape index (κ2) is 7.17. The van der Waals surface area contributed by atoms with Gasteiger partial charge in [0, 0.05) is 11.4 Å². The van der Waals surface area contributed by atoms with Crippen LogP contribution in [0.25, 0.3) is 0 Å². The summed E-state index contributed by atoms with van der Waals surface area (Å²) in [5, 5.41) is 7.95. The van der Waals surface area contributed by atoms with E-state index >= 15 is 0 Å². The maximum absolute atomic E-state index is 5.20. The van der Waals surface area contributed by atoms with Crippen LogP contribution in [0.2, 0.25) is 0 Å². The molecule has 0 fully saturated rings. The van der Waals surface area contributed by atoms with E-state index in [9.17, 15) is 0 Å². The fraction of sp³-hybridized carbons (Fsp3) is 0.200. The van der Waals surface area contributed by atoms with Crippen molar-refractivity contribution in [3.8, 4) is 0 Å². The van der Waals surface area contributed by atoms with Crippen LogP contribution in [0.4, 0.5) is 0 Å². The summed E-state index contributed by atoms with van der Waals surface area (Å²) >= 11 is 6.92. The Morgan fingerprint density at radius 3 is 2.60 bits per heavy atom. The van der Waals surface area contributed by atoms with E-state index in [4.69, 9.17) is 12.2 Å². The summed E-state index contributed by atoms with van der Waals surface area (Å²) in [6.07, 6.45) is 0. The first-order valence-corrected chi connectivity index (χ1v) is 7.56. The van der Waals surface area contributed by atoms with Gasteiger partial charge in [-0.05, 0) is 43.8 Å². The van der Waals surface area contributed by atoms with Gasteiger partial charge in [-0.1, -0.05) is 30.3 Å². The molecule has 0 saturated heterocycles. The summed E-state index contributed by atoms with van der Waals surface area (Å²) in [6.45, 7) is 4.75. The van der Waals surface area contributed by atoms with Crippen molar-refractivity contribution in [3.63, 3.8) is 0 Å². The highest BCUT2D eigenvalue weighted by atomic mass is 32.1. The first-order valence-electron chi connectivity index (χ1n) is 6.34. The van der Waals surface area contributed by atoms with Crippen LogP contribution >= 0.6 is 23.6 Å². The van der Waals surface area contributed by atoms with Gasteiger partial charge in [-0.3, -0.25) is 5.43 Å². The number of benzene rings is 1. The molecule has 2 N–H and O–H groups in total. The Morgan fingerprint density at radius 1 is 1.20 bits per heavy atom. The zero-order valence-electron chi connectivity index (χ0n) is 11.5. The van der Waals surface area contributed by atoms with Crippen molar-refractivity contribution in [2.24, 2.45) is 5.10 Å². The molecular weight excluding hydrogens is 286 g/mol. The molecule has 0 unspecified atom stereocenters. The first kappa shape index (κ1) is 14.7. The third-order valence-corrected chi connectivity index (χ3v) is 4.06. The number of rotatable bonds is 4. The molecule has 0 aliphatic carbocycles. The van der Waals surface area contributed by atoms with Crippen LogP contribution in [-0.2, 0) is 6.54 Å². The summed E-state index contributed by atoms with van der Waals surface area (Å²) in [4.78, 5) is 2.43. The number of hydrazone groups is 1. The van der Waals surface area contributed by atoms with Gasteiger partial charge in [-0.15, -0.1) is 11.3 Å². The van der Waals surface area contributed by atoms with E-state index < -0.39 is 0 Å². The summed E-state index contributed by atoms with van der Waals surface area (Å²) in [7, 11) is 0. The van der Waals surface area contributed by atoms with Gasteiger partial charge < -0.3 is 5.32 Å². The molecule has 2 aromatic rings. The number of hydrogen-bond acceptors (Lipinski definition) is 3. The molecule has 0 saturated carbocycles. The van der Waals surface area contributed by atoms with Gasteiger partial charge in [0.05, 0.1) is 10.6 Å². The molecule has 1 aromatic carbocycles. The lowest BCUT2D eigenvalue weighted by molar-refractivity contribution is 0.867. The van der Waals surface area contributed by atoms with E-state index in [0.29, 0.717) is 11.7 Å². The predicted octanol–water partition coefficient (Wildman–Crippen LogP) is 3.44. The molecule has 0 radical (unpaired) electrons. The topological polar surface area (TPSA) is 36.4 Å². The molecule has 20 heavy (non-hydrogen) atoms. The predicted molar refractivity (Wildman–Crippen MR) is 90.3 cm³/mol. The Morgan fingerprint density at radius 2 is 1.95 bits per heavy atom. The molecule has 0 aliphatic rings. The van der Waals surface area contributed by atoms with Gasteiger partial charge in [0.15, 0.2) is 5.11 Å². The molecule has 104 valence electrons. The van der Waals surface area contributed by atoms with Crippen molar-refractivity contribution < 1.29 is 0 Å². The Bertz CT molecular complexity index is 603. The van der Waals surface area contributed by atoms with E-state index in [1.807, 2.05) is 25.1 Å². The lowest BCUT2D eigenvalue weighted by Gasteiger charge is -2.07. The highest BCUT2D eigenvalue weighted by Gasteiger charge is 2.01. The van der Waals surface area contributed by atoms with Gasteiger partial charge in [-0.25, -0.2) is 0 Å². The van der Waals surface area contributed by atoms with Gasteiger partial charge in [0.25, 0.3) is 0 Å². The molecule has 0 atom stereocenters. The highest BCUT2D eigenvalue weighted by Crippen LogP contribution is 2.15. The minimum absolute atomic E-state index is 0.529. The minimum Gasteiger partial charge on any atom is -0.357 e. The van der Waals surface area contributed by atoms with Crippen LogP contribution in [-0.4, -0.2) is 10.8 Å². The smallest absolute Gasteiger partial charge is 0.187 e. The number of thiocarbonyl (C=S) groups is 1. The molecule has 0 spiro atoms. The van der Waals surface area contributed by atoms with Crippen molar-refractivity contribution in [2.45, 2.75) is 20.4 Å². The third-order valence-electron chi connectivity index (χ3n) is 2.72. The molecule has 0 aliphatic heterocycles. The number of thiophene rings is 1. The van der Waals surface area contributed by atoms with Crippen LogP contribution in [0.3, 0.4) is 0 Å². The lowest BCUT2D eigenvalue weighted by atomic mass is 10.2. The summed E-state index contributed by atoms with van der Waals surface area (Å²) in [6, 6.07) is 14.3. The first-order chi connectivity index (χ1) is 9.65. The number of nitrogens with one attached hydrogen (secondary N) is 2. The highest BCUT2D eigenvalue weighted by molar-refractivity contribution is 7.80. The van der Waals surface area contributed by atoms with Gasteiger partial charge in [0.1, 0.15) is 0 Å². The second-order valence-corrected chi connectivity index (χ2v) is 6.08. The molecule has 2 rings (SSSR count). The monoisotopic (exact) mass is 303 g/mol. The Hall–Kier alpha value is -1.72. The van der Waals surface area contributed by atoms with Crippen molar-refractivity contribution in [3.05, 3.63) is 57.8 Å². The number of nitrogens with zero attached hydrogens (tertiary/aromatic N) is 1. The molecule has 5 heteroatoms. The van der Waals surface area contributed by atoms with Crippen molar-refractivity contribution in [2.75, 3.05) is 0 Å². The fourth-order valence-corrected chi connectivity index (χ4v) is 2.57. The van der Waals surface area contributed by atoms with Gasteiger partial charge >= 0.3 is 0 Å². The van der Waals surface area contributed by atoms with Gasteiger partial charge in [0.2, 0.25) is 0 Å². The van der Waals surface area contributed by atoms with E-state index in [-0.39, 0.29) is 0 Å². The normalized spacial score (nSPS) is 11.2. The quantitative estimate of drug-likeness (QED) is 0.516. The minimum atomic E-state index is 0.529. The molecule has 0 bridgehead atoms. The Labute approximate surface area is 128 Å². The van der Waals surface area contributed by atoms with E-state index in [0.717, 1.165) is 10.6 Å². The van der Waals surface area contributed by atoms with Crippen molar-refractivity contribution in [1.29, 1.82) is 0 Å². The Kier molecular flexibility index (Phi) is 5.26. The third kappa shape index (κ3) is 4.43. The van der Waals surface area contributed by atoms with Crippen LogP contribution in [0.1, 0.15) is 22.2 Å². The average Bonchev–Trinajstić information content (AvgIpc) is 2.90. The molecule has 3 nitrogen and oxygen atoms in total.